The number of carbonyl (C=O) groups excluding carboxylic acids is 1. The van der Waals surface area contributed by atoms with Crippen LogP contribution in [-0.4, -0.2) is 41.8 Å². The van der Waals surface area contributed by atoms with Gasteiger partial charge in [-0.25, -0.2) is 9.59 Å². The van der Waals surface area contributed by atoms with Gasteiger partial charge in [0.15, 0.2) is 0 Å². The minimum Gasteiger partial charge on any atom is -0.478 e. The Morgan fingerprint density at radius 3 is 2.75 bits per heavy atom. The number of rotatable bonds is 4. The molecule has 0 fully saturated rings. The van der Waals surface area contributed by atoms with E-state index < -0.39 is 5.97 Å². The van der Waals surface area contributed by atoms with E-state index in [1.165, 1.54) is 0 Å². The van der Waals surface area contributed by atoms with Crippen LogP contribution in [0.1, 0.15) is 28.4 Å². The minimum atomic E-state index is -0.954. The lowest BCUT2D eigenvalue weighted by Gasteiger charge is -2.18. The monoisotopic (exact) mass is 278 g/mol. The fraction of sp³-hybridized carbons (Fsp3) is 0.429. The molecule has 1 unspecified atom stereocenters. The number of hydrogen-bond acceptors (Lipinski definition) is 3. The maximum Gasteiger partial charge on any atom is 0.335 e. The lowest BCUT2D eigenvalue weighted by atomic mass is 10.1. The van der Waals surface area contributed by atoms with Gasteiger partial charge in [-0.15, -0.1) is 0 Å². The second kappa shape index (κ2) is 5.92. The summed E-state index contributed by atoms with van der Waals surface area (Å²) >= 11 is 0. The summed E-state index contributed by atoms with van der Waals surface area (Å²) in [5.41, 5.74) is 2.13. The van der Waals surface area contributed by atoms with Crippen molar-refractivity contribution in [3.05, 3.63) is 34.9 Å². The highest BCUT2D eigenvalue weighted by atomic mass is 16.5. The fourth-order valence-corrected chi connectivity index (χ4v) is 2.10. The molecule has 6 heteroatoms. The molecular weight excluding hydrogens is 260 g/mol. The molecule has 2 rings (SSSR count). The van der Waals surface area contributed by atoms with Gasteiger partial charge in [0, 0.05) is 26.7 Å². The molecule has 2 N–H and O–H groups in total. The zero-order chi connectivity index (χ0) is 14.7. The predicted molar refractivity (Wildman–Crippen MR) is 72.5 cm³/mol. The molecule has 0 bridgehead atoms. The van der Waals surface area contributed by atoms with Crippen molar-refractivity contribution in [2.24, 2.45) is 0 Å². The lowest BCUT2D eigenvalue weighted by molar-refractivity contribution is 0.0696. The Morgan fingerprint density at radius 2 is 2.10 bits per heavy atom. The number of hydrogen-bond donors (Lipinski definition) is 2. The van der Waals surface area contributed by atoms with E-state index in [-0.39, 0.29) is 17.7 Å². The van der Waals surface area contributed by atoms with Crippen molar-refractivity contribution in [1.29, 1.82) is 0 Å². The number of urea groups is 1. The van der Waals surface area contributed by atoms with E-state index in [2.05, 4.69) is 5.32 Å². The smallest absolute Gasteiger partial charge is 0.335 e. The summed E-state index contributed by atoms with van der Waals surface area (Å²) < 4.78 is 5.07. The Hall–Kier alpha value is -2.08. The average Bonchev–Trinajstić information content (AvgIpc) is 2.87. The number of aromatic carboxylic acids is 1. The molecule has 0 spiro atoms. The number of carboxylic acid groups (broad SMARTS) is 1. The number of benzene rings is 1. The van der Waals surface area contributed by atoms with Crippen LogP contribution in [0.2, 0.25) is 0 Å². The number of carbonyl (C=O) groups is 2. The van der Waals surface area contributed by atoms with Gasteiger partial charge in [-0.3, -0.25) is 0 Å². The molecule has 2 amide bonds. The molecule has 0 saturated carbocycles. The van der Waals surface area contributed by atoms with Crippen LogP contribution in [0.3, 0.4) is 0 Å². The predicted octanol–water partition coefficient (Wildman–Crippen LogP) is 1.44. The van der Waals surface area contributed by atoms with E-state index in [9.17, 15) is 9.59 Å². The maximum atomic E-state index is 12.0. The van der Waals surface area contributed by atoms with Gasteiger partial charge in [0.2, 0.25) is 0 Å². The van der Waals surface area contributed by atoms with Crippen LogP contribution in [0.15, 0.2) is 18.2 Å². The van der Waals surface area contributed by atoms with Crippen molar-refractivity contribution in [3.8, 4) is 0 Å². The van der Waals surface area contributed by atoms with Crippen LogP contribution in [0.5, 0.6) is 0 Å². The summed E-state index contributed by atoms with van der Waals surface area (Å²) in [5, 5.41) is 11.8. The molecule has 0 aromatic heterocycles. The first-order valence-corrected chi connectivity index (χ1v) is 6.42. The number of fused-ring (bicyclic) bond motifs is 1. The molecule has 0 saturated heterocycles. The average molecular weight is 278 g/mol. The quantitative estimate of drug-likeness (QED) is 0.873. The largest absolute Gasteiger partial charge is 0.478 e. The first kappa shape index (κ1) is 14.3. The fourth-order valence-electron chi connectivity index (χ4n) is 2.10. The lowest BCUT2D eigenvalue weighted by Crippen LogP contribution is -2.40. The topological polar surface area (TPSA) is 78.9 Å². The van der Waals surface area contributed by atoms with Gasteiger partial charge in [-0.05, 0) is 30.2 Å². The molecule has 20 heavy (non-hydrogen) atoms. The van der Waals surface area contributed by atoms with Crippen LogP contribution < -0.4 is 5.32 Å². The highest BCUT2D eigenvalue weighted by Crippen LogP contribution is 2.23. The molecular formula is C14H18N2O4. The van der Waals surface area contributed by atoms with Gasteiger partial charge in [0.05, 0.1) is 11.7 Å². The third-order valence-electron chi connectivity index (χ3n) is 3.41. The van der Waals surface area contributed by atoms with E-state index in [1.807, 2.05) is 6.92 Å². The molecule has 6 nitrogen and oxygen atoms in total. The molecule has 1 aromatic rings. The highest BCUT2D eigenvalue weighted by Gasteiger charge is 2.24. The zero-order valence-corrected chi connectivity index (χ0v) is 11.5. The van der Waals surface area contributed by atoms with Crippen LogP contribution in [0, 0.1) is 0 Å². The van der Waals surface area contributed by atoms with E-state index in [4.69, 9.17) is 9.84 Å². The van der Waals surface area contributed by atoms with Crippen LogP contribution in [0.4, 0.5) is 4.79 Å². The Balaban J connectivity index is 1.98. The summed E-state index contributed by atoms with van der Waals surface area (Å²) in [7, 11) is 1.59. The second-order valence-electron chi connectivity index (χ2n) is 4.88. The van der Waals surface area contributed by atoms with Gasteiger partial charge in [0.1, 0.15) is 0 Å². The van der Waals surface area contributed by atoms with Gasteiger partial charge in [-0.2, -0.15) is 0 Å². The molecule has 1 aliphatic heterocycles. The van der Waals surface area contributed by atoms with E-state index >= 15 is 0 Å². The highest BCUT2D eigenvalue weighted by molar-refractivity contribution is 5.88. The third kappa shape index (κ3) is 3.08. The van der Waals surface area contributed by atoms with Crippen molar-refractivity contribution < 1.29 is 19.4 Å². The SMILES string of the molecule is COC(C)CNC(=O)N1Cc2ccc(C(=O)O)cc2C1. The molecule has 0 radical (unpaired) electrons. The molecule has 108 valence electrons. The standard InChI is InChI=1S/C14H18N2O4/c1-9(20-2)6-15-14(19)16-7-11-4-3-10(13(17)18)5-12(11)8-16/h3-5,9H,6-8H2,1-2H3,(H,15,19)(H,17,18). The van der Waals surface area contributed by atoms with Gasteiger partial charge in [0.25, 0.3) is 0 Å². The van der Waals surface area contributed by atoms with Crippen molar-refractivity contribution in [2.45, 2.75) is 26.1 Å². The number of methoxy groups -OCH3 is 1. The number of carboxylic acids is 1. The first-order valence-electron chi connectivity index (χ1n) is 6.42. The number of ether oxygens (including phenoxy) is 1. The van der Waals surface area contributed by atoms with Gasteiger partial charge >= 0.3 is 12.0 Å². The van der Waals surface area contributed by atoms with Crippen molar-refractivity contribution in [2.75, 3.05) is 13.7 Å². The normalized spacial score (nSPS) is 14.8. The number of amides is 2. The second-order valence-corrected chi connectivity index (χ2v) is 4.88. The van der Waals surface area contributed by atoms with Crippen molar-refractivity contribution in [3.63, 3.8) is 0 Å². The van der Waals surface area contributed by atoms with E-state index in [0.717, 1.165) is 11.1 Å². The Labute approximate surface area is 117 Å². The Morgan fingerprint density at radius 1 is 1.40 bits per heavy atom. The van der Waals surface area contributed by atoms with E-state index in [1.54, 1.807) is 30.2 Å². The first-order chi connectivity index (χ1) is 9.51. The molecule has 0 aliphatic carbocycles. The van der Waals surface area contributed by atoms with Gasteiger partial charge in [-0.1, -0.05) is 6.07 Å². The number of nitrogens with one attached hydrogen (secondary N) is 1. The number of nitrogens with zero attached hydrogens (tertiary/aromatic N) is 1. The molecule has 1 atom stereocenters. The summed E-state index contributed by atoms with van der Waals surface area (Å²) in [4.78, 5) is 24.6. The van der Waals surface area contributed by atoms with E-state index in [0.29, 0.717) is 19.6 Å². The maximum absolute atomic E-state index is 12.0. The molecule has 1 heterocycles. The van der Waals surface area contributed by atoms with Crippen molar-refractivity contribution >= 4 is 12.0 Å². The van der Waals surface area contributed by atoms with Crippen LogP contribution >= 0.6 is 0 Å². The Bertz CT molecular complexity index is 530. The summed E-state index contributed by atoms with van der Waals surface area (Å²) in [6, 6.07) is 4.80. The summed E-state index contributed by atoms with van der Waals surface area (Å²) in [5.74, 6) is -0.954. The molecule has 1 aromatic carbocycles. The van der Waals surface area contributed by atoms with Crippen LogP contribution in [-0.2, 0) is 17.8 Å². The summed E-state index contributed by atoms with van der Waals surface area (Å²) in [6.45, 7) is 3.26. The minimum absolute atomic E-state index is 0.0393. The van der Waals surface area contributed by atoms with Gasteiger partial charge < -0.3 is 20.1 Å². The van der Waals surface area contributed by atoms with Crippen LogP contribution in [0.25, 0.3) is 0 Å². The zero-order valence-electron chi connectivity index (χ0n) is 11.5. The Kier molecular flexibility index (Phi) is 4.24. The summed E-state index contributed by atoms with van der Waals surface area (Å²) in [6.07, 6.45) is -0.0393. The third-order valence-corrected chi connectivity index (χ3v) is 3.41. The van der Waals surface area contributed by atoms with Crippen molar-refractivity contribution in [1.82, 2.24) is 10.2 Å². The molecule has 1 aliphatic rings.